The minimum atomic E-state index is -0.433. The average molecular weight is 427 g/mol. The Bertz CT molecular complexity index is 1080. The molecule has 1 heterocycles. The number of hydrogen-bond acceptors (Lipinski definition) is 6. The molecule has 0 amide bonds. The lowest BCUT2D eigenvalue weighted by atomic mass is 10.2. The van der Waals surface area contributed by atoms with Gasteiger partial charge in [0.25, 0.3) is 5.56 Å². The van der Waals surface area contributed by atoms with Crippen LogP contribution in [0.1, 0.15) is 26.3 Å². The van der Waals surface area contributed by atoms with E-state index in [0.717, 1.165) is 5.56 Å². The smallest absolute Gasteiger partial charge is 0.292 e. The van der Waals surface area contributed by atoms with Crippen LogP contribution in [-0.4, -0.2) is 28.7 Å². The first kappa shape index (κ1) is 21.4. The van der Waals surface area contributed by atoms with Gasteiger partial charge in [-0.1, -0.05) is 29.8 Å². The van der Waals surface area contributed by atoms with Crippen LogP contribution in [0.4, 0.5) is 5.69 Å². The number of anilines is 1. The van der Waals surface area contributed by atoms with Gasteiger partial charge < -0.3 is 9.47 Å². The Morgan fingerprint density at radius 2 is 1.97 bits per heavy atom. The molecule has 0 spiro atoms. The summed E-state index contributed by atoms with van der Waals surface area (Å²) in [6, 6.07) is 14.6. The summed E-state index contributed by atoms with van der Waals surface area (Å²) in [6.07, 6.45) is 3.10. The van der Waals surface area contributed by atoms with E-state index in [9.17, 15) is 4.79 Å². The summed E-state index contributed by atoms with van der Waals surface area (Å²) >= 11 is 6.22. The Hall–Kier alpha value is -3.32. The lowest BCUT2D eigenvalue weighted by Crippen LogP contribution is -2.22. The van der Waals surface area contributed by atoms with Crippen LogP contribution >= 0.6 is 11.6 Å². The third kappa shape index (κ3) is 5.18. The highest BCUT2D eigenvalue weighted by atomic mass is 35.5. The van der Waals surface area contributed by atoms with Crippen molar-refractivity contribution in [1.82, 2.24) is 9.78 Å². The van der Waals surface area contributed by atoms with E-state index in [1.54, 1.807) is 18.3 Å². The number of aromatic nitrogens is 2. The van der Waals surface area contributed by atoms with Gasteiger partial charge in [-0.2, -0.15) is 14.9 Å². The van der Waals surface area contributed by atoms with Gasteiger partial charge in [0.05, 0.1) is 30.8 Å². The molecular formula is C22H23ClN4O3. The van der Waals surface area contributed by atoms with Gasteiger partial charge in [-0.05, 0) is 56.7 Å². The molecule has 7 nitrogen and oxygen atoms in total. The first-order valence-electron chi connectivity index (χ1n) is 9.55. The first-order valence-corrected chi connectivity index (χ1v) is 9.93. The van der Waals surface area contributed by atoms with Crippen molar-refractivity contribution in [1.29, 1.82) is 0 Å². The third-order valence-corrected chi connectivity index (χ3v) is 4.31. The van der Waals surface area contributed by atoms with Crippen molar-refractivity contribution < 1.29 is 9.47 Å². The molecule has 2 aromatic carbocycles. The Morgan fingerprint density at radius 1 is 1.20 bits per heavy atom. The summed E-state index contributed by atoms with van der Waals surface area (Å²) in [5, 5.41) is 8.33. The fraction of sp³-hybridized carbons (Fsp3) is 0.227. The van der Waals surface area contributed by atoms with Gasteiger partial charge in [0.1, 0.15) is 10.7 Å². The van der Waals surface area contributed by atoms with Gasteiger partial charge in [0, 0.05) is 0 Å². The molecule has 3 rings (SSSR count). The quantitative estimate of drug-likeness (QED) is 0.423. The molecule has 0 bridgehead atoms. The van der Waals surface area contributed by atoms with Gasteiger partial charge in [-0.15, -0.1) is 0 Å². The lowest BCUT2D eigenvalue weighted by molar-refractivity contribution is 0.224. The average Bonchev–Trinajstić information content (AvgIpc) is 2.73. The van der Waals surface area contributed by atoms with Crippen molar-refractivity contribution in [2.75, 3.05) is 12.0 Å². The van der Waals surface area contributed by atoms with E-state index in [2.05, 4.69) is 15.6 Å². The summed E-state index contributed by atoms with van der Waals surface area (Å²) in [6.45, 7) is 6.34. The number of rotatable bonds is 8. The van der Waals surface area contributed by atoms with E-state index in [1.165, 1.54) is 10.9 Å². The topological polar surface area (TPSA) is 77.7 Å². The van der Waals surface area contributed by atoms with Crippen LogP contribution in [0.25, 0.3) is 5.69 Å². The first-order chi connectivity index (χ1) is 14.5. The normalized spacial score (nSPS) is 11.1. The van der Waals surface area contributed by atoms with Gasteiger partial charge >= 0.3 is 0 Å². The summed E-state index contributed by atoms with van der Waals surface area (Å²) in [5.41, 5.74) is 4.08. The van der Waals surface area contributed by atoms with Crippen molar-refractivity contribution in [2.24, 2.45) is 5.10 Å². The standard InChI is InChI=1S/C22H23ClN4O3/c1-4-29-20-12-16(10-11-19(20)30-15(2)3)13-24-26-18-14-25-27(22(28)21(18)23)17-8-6-5-7-9-17/h5-15,26H,4H2,1-3H3/b24-13-. The molecule has 0 unspecified atom stereocenters. The summed E-state index contributed by atoms with van der Waals surface area (Å²) in [5.74, 6) is 1.31. The summed E-state index contributed by atoms with van der Waals surface area (Å²) < 4.78 is 12.6. The Kier molecular flexibility index (Phi) is 7.08. The summed E-state index contributed by atoms with van der Waals surface area (Å²) in [7, 11) is 0. The number of nitrogens with zero attached hydrogens (tertiary/aromatic N) is 3. The second kappa shape index (κ2) is 9.93. The van der Waals surface area contributed by atoms with E-state index < -0.39 is 5.56 Å². The molecule has 0 saturated heterocycles. The molecular weight excluding hydrogens is 404 g/mol. The van der Waals surface area contributed by atoms with E-state index in [1.807, 2.05) is 57.2 Å². The van der Waals surface area contributed by atoms with Crippen LogP contribution in [0.5, 0.6) is 11.5 Å². The molecule has 8 heteroatoms. The van der Waals surface area contributed by atoms with Gasteiger partial charge in [0.2, 0.25) is 0 Å². The molecule has 156 valence electrons. The predicted molar refractivity (Wildman–Crippen MR) is 119 cm³/mol. The largest absolute Gasteiger partial charge is 0.490 e. The second-order valence-corrected chi connectivity index (χ2v) is 6.98. The monoisotopic (exact) mass is 426 g/mol. The number of para-hydroxylation sites is 1. The van der Waals surface area contributed by atoms with Crippen LogP contribution in [0.15, 0.2) is 64.6 Å². The van der Waals surface area contributed by atoms with E-state index in [-0.39, 0.29) is 11.1 Å². The predicted octanol–water partition coefficient (Wildman–Crippen LogP) is 4.52. The molecule has 0 atom stereocenters. The summed E-state index contributed by atoms with van der Waals surface area (Å²) in [4.78, 5) is 12.5. The van der Waals surface area contributed by atoms with Crippen molar-refractivity contribution in [2.45, 2.75) is 26.9 Å². The van der Waals surface area contributed by atoms with E-state index in [0.29, 0.717) is 29.5 Å². The number of halogens is 1. The number of benzene rings is 2. The Balaban J connectivity index is 1.77. The molecule has 0 aliphatic rings. The lowest BCUT2D eigenvalue weighted by Gasteiger charge is -2.14. The minimum absolute atomic E-state index is 0.00156. The maximum Gasteiger partial charge on any atom is 0.292 e. The SMILES string of the molecule is CCOc1cc(/C=N\Nc2cnn(-c3ccccc3)c(=O)c2Cl)ccc1OC(C)C. The molecule has 3 aromatic rings. The highest BCUT2D eigenvalue weighted by Gasteiger charge is 2.10. The van der Waals surface area contributed by atoms with Crippen LogP contribution in [0.3, 0.4) is 0 Å². The molecule has 1 N–H and O–H groups in total. The number of hydrogen-bond donors (Lipinski definition) is 1. The maximum absolute atomic E-state index is 12.5. The van der Waals surface area contributed by atoms with Crippen molar-refractivity contribution in [3.63, 3.8) is 0 Å². The molecule has 0 saturated carbocycles. The Morgan fingerprint density at radius 3 is 2.67 bits per heavy atom. The van der Waals surface area contributed by atoms with Crippen molar-refractivity contribution in [3.05, 3.63) is 75.7 Å². The third-order valence-electron chi connectivity index (χ3n) is 3.95. The Labute approximate surface area is 179 Å². The highest BCUT2D eigenvalue weighted by molar-refractivity contribution is 6.32. The van der Waals surface area contributed by atoms with Crippen LogP contribution in [0, 0.1) is 0 Å². The van der Waals surface area contributed by atoms with Crippen molar-refractivity contribution in [3.8, 4) is 17.2 Å². The molecule has 0 aliphatic heterocycles. The molecule has 0 fully saturated rings. The van der Waals surface area contributed by atoms with Crippen LogP contribution in [0.2, 0.25) is 5.02 Å². The zero-order valence-electron chi connectivity index (χ0n) is 17.0. The van der Waals surface area contributed by atoms with Crippen molar-refractivity contribution >= 4 is 23.5 Å². The molecule has 0 aliphatic carbocycles. The molecule has 0 radical (unpaired) electrons. The zero-order chi connectivity index (χ0) is 21.5. The minimum Gasteiger partial charge on any atom is -0.490 e. The number of hydrazone groups is 1. The van der Waals surface area contributed by atoms with Gasteiger partial charge in [0.15, 0.2) is 11.5 Å². The maximum atomic E-state index is 12.5. The molecule has 1 aromatic heterocycles. The fourth-order valence-electron chi connectivity index (χ4n) is 2.66. The molecule has 30 heavy (non-hydrogen) atoms. The number of ether oxygens (including phenoxy) is 2. The van der Waals surface area contributed by atoms with E-state index in [4.69, 9.17) is 21.1 Å². The highest BCUT2D eigenvalue weighted by Crippen LogP contribution is 2.29. The second-order valence-electron chi connectivity index (χ2n) is 6.60. The van der Waals surface area contributed by atoms with Gasteiger partial charge in [-0.25, -0.2) is 0 Å². The zero-order valence-corrected chi connectivity index (χ0v) is 17.8. The van der Waals surface area contributed by atoms with Gasteiger partial charge in [-0.3, -0.25) is 10.2 Å². The van der Waals surface area contributed by atoms with Crippen LogP contribution in [-0.2, 0) is 0 Å². The number of nitrogens with one attached hydrogen (secondary N) is 1. The fourth-order valence-corrected chi connectivity index (χ4v) is 2.84. The van der Waals surface area contributed by atoms with E-state index >= 15 is 0 Å². The van der Waals surface area contributed by atoms with Crippen LogP contribution < -0.4 is 20.5 Å².